The van der Waals surface area contributed by atoms with Gasteiger partial charge in [-0.05, 0) is 48.4 Å². The summed E-state index contributed by atoms with van der Waals surface area (Å²) in [6.45, 7) is 5.54. The minimum absolute atomic E-state index is 0.0343. The fourth-order valence-corrected chi connectivity index (χ4v) is 6.06. The van der Waals surface area contributed by atoms with E-state index in [0.29, 0.717) is 29.8 Å². The summed E-state index contributed by atoms with van der Waals surface area (Å²) >= 11 is 6.33. The Morgan fingerprint density at radius 2 is 1.93 bits per heavy atom. The quantitative estimate of drug-likeness (QED) is 0.423. The van der Waals surface area contributed by atoms with Gasteiger partial charge in [0, 0.05) is 29.3 Å². The van der Waals surface area contributed by atoms with Crippen molar-refractivity contribution in [2.75, 3.05) is 13.7 Å². The Kier molecular flexibility index (Phi) is 9.20. The molecule has 1 N–H and O–H groups in total. The SMILES string of the molecule is COc1ncc(C(F)(F)F)cc1CO[C@H]1[C@H](C(C)(C)C)[C@@H](C(=O)O)N(C(=O)[C@@H]2CCCCO2)[C@H]1c1cccc(Cl)c1. The van der Waals surface area contributed by atoms with Gasteiger partial charge in [0.1, 0.15) is 12.1 Å². The zero-order valence-corrected chi connectivity index (χ0v) is 24.0. The maximum absolute atomic E-state index is 14.0. The molecule has 1 amide bonds. The topological polar surface area (TPSA) is 98.2 Å². The van der Waals surface area contributed by atoms with Crippen LogP contribution in [0, 0.1) is 11.3 Å². The molecule has 0 unspecified atom stereocenters. The molecular weight excluding hydrogens is 565 g/mol. The lowest BCUT2D eigenvalue weighted by molar-refractivity contribution is -0.159. The molecule has 2 fully saturated rings. The summed E-state index contributed by atoms with van der Waals surface area (Å²) in [5.74, 6) is -2.51. The van der Waals surface area contributed by atoms with E-state index in [4.69, 9.17) is 25.8 Å². The van der Waals surface area contributed by atoms with Crippen molar-refractivity contribution in [1.29, 1.82) is 0 Å². The third-order valence-electron chi connectivity index (χ3n) is 7.63. The average Bonchev–Trinajstić information content (AvgIpc) is 3.27. The molecule has 12 heteroatoms. The number of likely N-dealkylation sites (tertiary alicyclic amines) is 1. The van der Waals surface area contributed by atoms with Crippen molar-refractivity contribution < 1.29 is 42.1 Å². The van der Waals surface area contributed by atoms with Crippen LogP contribution in [0.4, 0.5) is 13.2 Å². The summed E-state index contributed by atoms with van der Waals surface area (Å²) in [4.78, 5) is 32.1. The first-order valence-electron chi connectivity index (χ1n) is 13.4. The number of alkyl halides is 3. The van der Waals surface area contributed by atoms with Crippen LogP contribution in [0.5, 0.6) is 5.88 Å². The normalized spacial score (nSPS) is 25.3. The Morgan fingerprint density at radius 3 is 2.49 bits per heavy atom. The van der Waals surface area contributed by atoms with E-state index in [1.807, 2.05) is 20.8 Å². The maximum Gasteiger partial charge on any atom is 0.417 e. The number of pyridine rings is 1. The molecule has 3 heterocycles. The lowest BCUT2D eigenvalue weighted by Crippen LogP contribution is -2.51. The summed E-state index contributed by atoms with van der Waals surface area (Å²) in [7, 11) is 1.28. The highest BCUT2D eigenvalue weighted by Crippen LogP contribution is 2.50. The molecule has 2 aromatic rings. The first-order valence-corrected chi connectivity index (χ1v) is 13.8. The molecule has 8 nitrogen and oxygen atoms in total. The lowest BCUT2D eigenvalue weighted by atomic mass is 9.73. The largest absolute Gasteiger partial charge is 0.481 e. The number of ether oxygens (including phenoxy) is 3. The van der Waals surface area contributed by atoms with Crippen LogP contribution in [0.25, 0.3) is 0 Å². The van der Waals surface area contributed by atoms with E-state index in [0.717, 1.165) is 18.9 Å². The number of carbonyl (C=O) groups excluding carboxylic acids is 1. The second-order valence-electron chi connectivity index (χ2n) is 11.4. The zero-order chi connectivity index (χ0) is 30.1. The Balaban J connectivity index is 1.83. The second-order valence-corrected chi connectivity index (χ2v) is 11.9. The summed E-state index contributed by atoms with van der Waals surface area (Å²) < 4.78 is 57.8. The number of halogens is 4. The summed E-state index contributed by atoms with van der Waals surface area (Å²) in [6, 6.07) is 5.39. The number of carboxylic acids is 1. The number of carbonyl (C=O) groups is 2. The molecule has 224 valence electrons. The Labute approximate surface area is 241 Å². The van der Waals surface area contributed by atoms with Crippen molar-refractivity contribution in [3.63, 3.8) is 0 Å². The van der Waals surface area contributed by atoms with Crippen molar-refractivity contribution in [1.82, 2.24) is 9.88 Å². The fraction of sp³-hybridized carbons (Fsp3) is 0.552. The predicted molar refractivity (Wildman–Crippen MR) is 143 cm³/mol. The van der Waals surface area contributed by atoms with Crippen LogP contribution < -0.4 is 4.74 Å². The van der Waals surface area contributed by atoms with Gasteiger partial charge in [0.25, 0.3) is 5.91 Å². The number of nitrogens with zero attached hydrogens (tertiary/aromatic N) is 2. The molecule has 41 heavy (non-hydrogen) atoms. The van der Waals surface area contributed by atoms with E-state index >= 15 is 0 Å². The highest BCUT2D eigenvalue weighted by Gasteiger charge is 2.59. The van der Waals surface area contributed by atoms with E-state index in [-0.39, 0.29) is 18.1 Å². The minimum atomic E-state index is -4.64. The monoisotopic (exact) mass is 598 g/mol. The van der Waals surface area contributed by atoms with E-state index < -0.39 is 59.2 Å². The Hall–Kier alpha value is -2.89. The number of methoxy groups -OCH3 is 1. The first-order chi connectivity index (χ1) is 19.2. The van der Waals surface area contributed by atoms with Crippen LogP contribution in [0.3, 0.4) is 0 Å². The number of rotatable bonds is 7. The Bertz CT molecular complexity index is 1260. The maximum atomic E-state index is 14.0. The highest BCUT2D eigenvalue weighted by atomic mass is 35.5. The average molecular weight is 599 g/mol. The van der Waals surface area contributed by atoms with Gasteiger partial charge in [-0.15, -0.1) is 0 Å². The van der Waals surface area contributed by atoms with Crippen molar-refractivity contribution >= 4 is 23.5 Å². The molecule has 0 spiro atoms. The number of aliphatic carboxylic acids is 1. The third kappa shape index (κ3) is 6.62. The van der Waals surface area contributed by atoms with Crippen LogP contribution in [0.1, 0.15) is 62.8 Å². The van der Waals surface area contributed by atoms with Crippen LogP contribution in [-0.4, -0.2) is 58.8 Å². The summed E-state index contributed by atoms with van der Waals surface area (Å²) in [5, 5.41) is 10.9. The number of hydrogen-bond acceptors (Lipinski definition) is 6. The number of benzene rings is 1. The third-order valence-corrected chi connectivity index (χ3v) is 7.87. The predicted octanol–water partition coefficient (Wildman–Crippen LogP) is 5.92. The number of aromatic nitrogens is 1. The highest BCUT2D eigenvalue weighted by molar-refractivity contribution is 6.30. The number of hydrogen-bond donors (Lipinski definition) is 1. The van der Waals surface area contributed by atoms with E-state index in [1.54, 1.807) is 24.3 Å². The van der Waals surface area contributed by atoms with Gasteiger partial charge >= 0.3 is 12.1 Å². The van der Waals surface area contributed by atoms with Gasteiger partial charge < -0.3 is 24.2 Å². The summed E-state index contributed by atoms with van der Waals surface area (Å²) in [5.41, 5.74) is -1.11. The summed E-state index contributed by atoms with van der Waals surface area (Å²) in [6.07, 6.45) is -3.72. The van der Waals surface area contributed by atoms with Crippen LogP contribution in [0.2, 0.25) is 5.02 Å². The van der Waals surface area contributed by atoms with Crippen molar-refractivity contribution in [3.8, 4) is 5.88 Å². The van der Waals surface area contributed by atoms with Crippen molar-refractivity contribution in [2.24, 2.45) is 11.3 Å². The molecule has 0 radical (unpaired) electrons. The first kappa shape index (κ1) is 31.1. The van der Waals surface area contributed by atoms with Crippen molar-refractivity contribution in [3.05, 3.63) is 58.2 Å². The van der Waals surface area contributed by atoms with Gasteiger partial charge in [-0.3, -0.25) is 4.79 Å². The molecule has 2 saturated heterocycles. The molecular formula is C29H34ClF3N2O6. The molecule has 1 aromatic heterocycles. The van der Waals surface area contributed by atoms with E-state index in [2.05, 4.69) is 4.98 Å². The molecule has 0 saturated carbocycles. The van der Waals surface area contributed by atoms with E-state index in [1.165, 1.54) is 12.0 Å². The van der Waals surface area contributed by atoms with E-state index in [9.17, 15) is 27.9 Å². The zero-order valence-electron chi connectivity index (χ0n) is 23.3. The standard InChI is InChI=1S/C29H34ClF3N2O6/c1-28(2,3)21-23(27(37)38)35(26(36)20-10-5-6-11-40-20)22(16-8-7-9-19(30)13-16)24(21)41-15-17-12-18(29(31,32)33)14-34-25(17)39-4/h7-9,12-14,20-24H,5-6,10-11,15H2,1-4H3,(H,37,38)/t20-,21+,22-,23-,24-/m0/s1. The van der Waals surface area contributed by atoms with Gasteiger partial charge in [-0.2, -0.15) is 13.2 Å². The van der Waals surface area contributed by atoms with Crippen LogP contribution in [-0.2, 0) is 31.8 Å². The van der Waals surface area contributed by atoms with Crippen LogP contribution in [0.15, 0.2) is 36.5 Å². The minimum Gasteiger partial charge on any atom is -0.481 e. The molecule has 2 aliphatic heterocycles. The van der Waals surface area contributed by atoms with Crippen LogP contribution >= 0.6 is 11.6 Å². The van der Waals surface area contributed by atoms with Gasteiger partial charge in [-0.1, -0.05) is 44.5 Å². The molecule has 2 aliphatic rings. The number of amides is 1. The second kappa shape index (κ2) is 12.1. The van der Waals surface area contributed by atoms with Crippen molar-refractivity contribution in [2.45, 2.75) is 77.1 Å². The van der Waals surface area contributed by atoms with Gasteiger partial charge in [0.15, 0.2) is 0 Å². The molecule has 0 bridgehead atoms. The Morgan fingerprint density at radius 1 is 1.20 bits per heavy atom. The van der Waals surface area contributed by atoms with Gasteiger partial charge in [0.2, 0.25) is 5.88 Å². The lowest BCUT2D eigenvalue weighted by Gasteiger charge is -2.35. The molecule has 5 atom stereocenters. The number of carboxylic acid groups (broad SMARTS) is 1. The fourth-order valence-electron chi connectivity index (χ4n) is 5.86. The molecule has 1 aromatic carbocycles. The smallest absolute Gasteiger partial charge is 0.417 e. The van der Waals surface area contributed by atoms with Gasteiger partial charge in [-0.25, -0.2) is 9.78 Å². The molecule has 0 aliphatic carbocycles. The molecule has 4 rings (SSSR count). The van der Waals surface area contributed by atoms with Gasteiger partial charge in [0.05, 0.1) is 31.4 Å².